The molecule has 1 aliphatic rings. The van der Waals surface area contributed by atoms with Crippen LogP contribution in [0.1, 0.15) is 50.3 Å². The third-order valence-corrected chi connectivity index (χ3v) is 7.11. The Kier molecular flexibility index (Phi) is 7.01. The number of nitrogens with zero attached hydrogens (tertiary/aromatic N) is 1. The smallest absolute Gasteiger partial charge is 0.235 e. The zero-order chi connectivity index (χ0) is 22.6. The summed E-state index contributed by atoms with van der Waals surface area (Å²) in [5.74, 6) is -0.218. The van der Waals surface area contributed by atoms with Gasteiger partial charge in [0, 0.05) is 24.1 Å². The molecule has 0 spiro atoms. The average molecular weight is 449 g/mol. The molecule has 3 rings (SSSR count). The predicted molar refractivity (Wildman–Crippen MR) is 118 cm³/mol. The van der Waals surface area contributed by atoms with E-state index >= 15 is 0 Å². The summed E-state index contributed by atoms with van der Waals surface area (Å²) in [6.07, 6.45) is 3.18. The van der Waals surface area contributed by atoms with E-state index in [-0.39, 0.29) is 18.2 Å². The molecular formula is C23H29FN2O4S. The number of amides is 1. The monoisotopic (exact) mass is 448 g/mol. The van der Waals surface area contributed by atoms with E-state index in [1.807, 2.05) is 24.3 Å². The quantitative estimate of drug-likeness (QED) is 0.667. The van der Waals surface area contributed by atoms with Crippen LogP contribution in [-0.2, 0) is 21.4 Å². The molecule has 6 nitrogen and oxygen atoms in total. The molecule has 1 heterocycles. The van der Waals surface area contributed by atoms with Crippen molar-refractivity contribution < 1.29 is 22.3 Å². The summed E-state index contributed by atoms with van der Waals surface area (Å²) in [6.45, 7) is 3.50. The van der Waals surface area contributed by atoms with Crippen molar-refractivity contribution in [1.29, 1.82) is 0 Å². The molecule has 31 heavy (non-hydrogen) atoms. The number of sulfonamides is 1. The SMILES string of the molecule is CCC1(CC)C[C@H](NC(=O)CN(Cc2ccccc2F)S(C)(=O)=O)c2ccccc2O1. The van der Waals surface area contributed by atoms with Gasteiger partial charge in [-0.25, -0.2) is 12.8 Å². The van der Waals surface area contributed by atoms with Gasteiger partial charge >= 0.3 is 0 Å². The molecule has 0 saturated carbocycles. The zero-order valence-corrected chi connectivity index (χ0v) is 18.9. The fourth-order valence-corrected chi connectivity index (χ4v) is 4.66. The Morgan fingerprint density at radius 2 is 1.81 bits per heavy atom. The topological polar surface area (TPSA) is 75.7 Å². The number of para-hydroxylation sites is 1. The van der Waals surface area contributed by atoms with Crippen LogP contribution in [0.3, 0.4) is 0 Å². The lowest BCUT2D eigenvalue weighted by Gasteiger charge is -2.41. The van der Waals surface area contributed by atoms with Gasteiger partial charge in [0.25, 0.3) is 0 Å². The summed E-state index contributed by atoms with van der Waals surface area (Å²) >= 11 is 0. The first-order valence-corrected chi connectivity index (χ1v) is 12.3. The molecule has 1 N–H and O–H groups in total. The highest BCUT2D eigenvalue weighted by atomic mass is 32.2. The van der Waals surface area contributed by atoms with Gasteiger partial charge in [-0.2, -0.15) is 4.31 Å². The van der Waals surface area contributed by atoms with Crippen LogP contribution >= 0.6 is 0 Å². The minimum absolute atomic E-state index is 0.211. The van der Waals surface area contributed by atoms with E-state index in [9.17, 15) is 17.6 Å². The van der Waals surface area contributed by atoms with Crippen LogP contribution in [-0.4, -0.2) is 37.0 Å². The molecular weight excluding hydrogens is 419 g/mol. The van der Waals surface area contributed by atoms with Gasteiger partial charge in [0.2, 0.25) is 15.9 Å². The molecule has 0 fully saturated rings. The van der Waals surface area contributed by atoms with Crippen molar-refractivity contribution in [3.63, 3.8) is 0 Å². The maximum atomic E-state index is 14.0. The van der Waals surface area contributed by atoms with Crippen molar-refractivity contribution in [1.82, 2.24) is 9.62 Å². The van der Waals surface area contributed by atoms with Crippen molar-refractivity contribution in [3.05, 3.63) is 65.5 Å². The third kappa shape index (κ3) is 5.43. The van der Waals surface area contributed by atoms with Crippen molar-refractivity contribution in [2.24, 2.45) is 0 Å². The van der Waals surface area contributed by atoms with Gasteiger partial charge in [-0.1, -0.05) is 50.2 Å². The maximum absolute atomic E-state index is 14.0. The number of fused-ring (bicyclic) bond motifs is 1. The zero-order valence-electron chi connectivity index (χ0n) is 18.1. The summed E-state index contributed by atoms with van der Waals surface area (Å²) < 4.78 is 45.8. The second-order valence-corrected chi connectivity index (χ2v) is 9.96. The summed E-state index contributed by atoms with van der Waals surface area (Å²) in [5.41, 5.74) is 0.692. The third-order valence-electron chi connectivity index (χ3n) is 5.91. The van der Waals surface area contributed by atoms with Gasteiger partial charge in [0.05, 0.1) is 18.8 Å². The van der Waals surface area contributed by atoms with E-state index in [0.717, 1.165) is 34.7 Å². The first kappa shape index (κ1) is 23.2. The van der Waals surface area contributed by atoms with Crippen molar-refractivity contribution >= 4 is 15.9 Å². The lowest BCUT2D eigenvalue weighted by atomic mass is 9.83. The van der Waals surface area contributed by atoms with Gasteiger partial charge < -0.3 is 10.1 Å². The summed E-state index contributed by atoms with van der Waals surface area (Å²) in [5, 5.41) is 2.98. The minimum Gasteiger partial charge on any atom is -0.487 e. The molecule has 0 bridgehead atoms. The molecule has 1 atom stereocenters. The Balaban J connectivity index is 1.79. The summed E-state index contributed by atoms with van der Waals surface area (Å²) in [6, 6.07) is 13.2. The minimum atomic E-state index is -3.73. The van der Waals surface area contributed by atoms with Gasteiger partial charge in [-0.05, 0) is 25.0 Å². The van der Waals surface area contributed by atoms with Crippen LogP contribution in [0.4, 0.5) is 4.39 Å². The first-order valence-electron chi connectivity index (χ1n) is 10.4. The molecule has 1 amide bonds. The van der Waals surface area contributed by atoms with E-state index in [1.165, 1.54) is 18.2 Å². The van der Waals surface area contributed by atoms with Crippen LogP contribution in [0.5, 0.6) is 5.75 Å². The number of halogens is 1. The van der Waals surface area contributed by atoms with Crippen molar-refractivity contribution in [2.75, 3.05) is 12.8 Å². The lowest BCUT2D eigenvalue weighted by Crippen LogP contribution is -2.47. The molecule has 0 unspecified atom stereocenters. The molecule has 2 aromatic rings. The average Bonchev–Trinajstić information content (AvgIpc) is 2.74. The normalized spacial score (nSPS) is 17.6. The van der Waals surface area contributed by atoms with Gasteiger partial charge in [0.1, 0.15) is 17.2 Å². The lowest BCUT2D eigenvalue weighted by molar-refractivity contribution is -0.122. The molecule has 0 saturated heterocycles. The number of rotatable bonds is 8. The van der Waals surface area contributed by atoms with Crippen LogP contribution in [0, 0.1) is 5.82 Å². The Morgan fingerprint density at radius 1 is 1.16 bits per heavy atom. The fraction of sp³-hybridized carbons (Fsp3) is 0.435. The Morgan fingerprint density at radius 3 is 2.45 bits per heavy atom. The van der Waals surface area contributed by atoms with E-state index < -0.39 is 33.9 Å². The fourth-order valence-electron chi connectivity index (χ4n) is 3.94. The second-order valence-electron chi connectivity index (χ2n) is 7.98. The Labute approximate surface area is 183 Å². The number of benzene rings is 2. The van der Waals surface area contributed by atoms with Crippen molar-refractivity contribution in [3.8, 4) is 5.75 Å². The van der Waals surface area contributed by atoms with Gasteiger partial charge in [0.15, 0.2) is 0 Å². The maximum Gasteiger partial charge on any atom is 0.235 e. The van der Waals surface area contributed by atoms with Crippen LogP contribution in [0.15, 0.2) is 48.5 Å². The number of nitrogens with one attached hydrogen (secondary N) is 1. The molecule has 1 aliphatic heterocycles. The number of carbonyl (C=O) groups excluding carboxylic acids is 1. The van der Waals surface area contributed by atoms with E-state index in [4.69, 9.17) is 4.74 Å². The number of hydrogen-bond donors (Lipinski definition) is 1. The highest BCUT2D eigenvalue weighted by molar-refractivity contribution is 7.88. The largest absolute Gasteiger partial charge is 0.487 e. The van der Waals surface area contributed by atoms with Crippen LogP contribution in [0.25, 0.3) is 0 Å². The predicted octanol–water partition coefficient (Wildman–Crippen LogP) is 3.79. The van der Waals surface area contributed by atoms with Gasteiger partial charge in [-0.15, -0.1) is 0 Å². The highest BCUT2D eigenvalue weighted by Gasteiger charge is 2.39. The van der Waals surface area contributed by atoms with E-state index in [2.05, 4.69) is 19.2 Å². The number of hydrogen-bond acceptors (Lipinski definition) is 4. The van der Waals surface area contributed by atoms with Crippen LogP contribution < -0.4 is 10.1 Å². The second kappa shape index (κ2) is 9.36. The molecule has 2 aromatic carbocycles. The van der Waals surface area contributed by atoms with E-state index in [1.54, 1.807) is 6.07 Å². The summed E-state index contributed by atoms with van der Waals surface area (Å²) in [4.78, 5) is 12.9. The number of carbonyl (C=O) groups is 1. The van der Waals surface area contributed by atoms with Crippen LogP contribution in [0.2, 0.25) is 0 Å². The first-order chi connectivity index (χ1) is 14.7. The van der Waals surface area contributed by atoms with Crippen molar-refractivity contribution in [2.45, 2.75) is 51.3 Å². The highest BCUT2D eigenvalue weighted by Crippen LogP contribution is 2.42. The van der Waals surface area contributed by atoms with Gasteiger partial charge in [-0.3, -0.25) is 4.79 Å². The Hall–Kier alpha value is -2.45. The number of ether oxygens (including phenoxy) is 1. The molecule has 168 valence electrons. The Bertz CT molecular complexity index is 1040. The molecule has 0 aliphatic carbocycles. The standard InChI is InChI=1S/C23H29FN2O4S/c1-4-23(5-2)14-20(18-11-7-9-13-21(18)30-23)25-22(27)16-26(31(3,28)29)15-17-10-6-8-12-19(17)24/h6-13,20H,4-5,14-16H2,1-3H3,(H,25,27)/t20-/m0/s1. The molecule has 8 heteroatoms. The molecule has 0 aromatic heterocycles. The van der Waals surface area contributed by atoms with E-state index in [0.29, 0.717) is 6.42 Å². The summed E-state index contributed by atoms with van der Waals surface area (Å²) in [7, 11) is -3.73. The molecule has 0 radical (unpaired) electrons.